The van der Waals surface area contributed by atoms with Crippen molar-refractivity contribution in [1.29, 1.82) is 0 Å². The summed E-state index contributed by atoms with van der Waals surface area (Å²) in [5, 5.41) is 0. The van der Waals surface area contributed by atoms with E-state index in [1.807, 2.05) is 6.92 Å². The molecule has 0 amide bonds. The number of esters is 5. The molecule has 0 aromatic heterocycles. The summed E-state index contributed by atoms with van der Waals surface area (Å²) in [5.74, 6) is -2.40. The molecule has 10 heteroatoms. The lowest BCUT2D eigenvalue weighted by molar-refractivity contribution is -0.150. The third-order valence-corrected chi connectivity index (χ3v) is 6.17. The zero-order chi connectivity index (χ0) is 26.5. The molecule has 0 radical (unpaired) electrons. The van der Waals surface area contributed by atoms with Gasteiger partial charge in [0.25, 0.3) is 0 Å². The first kappa shape index (κ1) is 30.4. The van der Waals surface area contributed by atoms with Gasteiger partial charge in [0.1, 0.15) is 18.3 Å². The van der Waals surface area contributed by atoms with E-state index >= 15 is 0 Å². The highest BCUT2D eigenvalue weighted by molar-refractivity contribution is 5.69. The number of methoxy groups -OCH3 is 1. The second kappa shape index (κ2) is 15.4. The lowest BCUT2D eigenvalue weighted by Gasteiger charge is -2.27. The van der Waals surface area contributed by atoms with Gasteiger partial charge in [-0.2, -0.15) is 0 Å². The summed E-state index contributed by atoms with van der Waals surface area (Å²) < 4.78 is 26.5. The Bertz CT molecular complexity index is 734. The molecule has 6 atom stereocenters. The fourth-order valence-corrected chi connectivity index (χ4v) is 4.86. The van der Waals surface area contributed by atoms with Gasteiger partial charge in [0.15, 0.2) is 0 Å². The van der Waals surface area contributed by atoms with Crippen LogP contribution >= 0.6 is 0 Å². The van der Waals surface area contributed by atoms with Gasteiger partial charge in [-0.1, -0.05) is 0 Å². The molecule has 0 N–H and O–H groups in total. The van der Waals surface area contributed by atoms with Crippen LogP contribution in [0.1, 0.15) is 86.0 Å². The Hall–Kier alpha value is -2.65. The fraction of sp³-hybridized carbons (Fsp3) is 0.800. The lowest BCUT2D eigenvalue weighted by Crippen LogP contribution is -2.29. The zero-order valence-electron chi connectivity index (χ0n) is 21.7. The quantitative estimate of drug-likeness (QED) is 0.258. The maximum absolute atomic E-state index is 11.8. The predicted molar refractivity (Wildman–Crippen MR) is 124 cm³/mol. The van der Waals surface area contributed by atoms with Crippen LogP contribution in [0.15, 0.2) is 0 Å². The highest BCUT2D eigenvalue weighted by Gasteiger charge is 2.46. The maximum Gasteiger partial charge on any atom is 0.305 e. The molecule has 0 aromatic carbocycles. The minimum absolute atomic E-state index is 0.142. The first-order valence-corrected chi connectivity index (χ1v) is 12.2. The van der Waals surface area contributed by atoms with Crippen molar-refractivity contribution in [3.05, 3.63) is 0 Å². The fourth-order valence-electron chi connectivity index (χ4n) is 4.86. The molecular formula is C25H40O10. The number of hydrogen-bond acceptors (Lipinski definition) is 10. The van der Waals surface area contributed by atoms with Crippen LogP contribution in [0.3, 0.4) is 0 Å². The van der Waals surface area contributed by atoms with Crippen molar-refractivity contribution in [2.75, 3.05) is 7.11 Å². The van der Waals surface area contributed by atoms with Gasteiger partial charge >= 0.3 is 29.8 Å². The van der Waals surface area contributed by atoms with Crippen LogP contribution in [-0.4, -0.2) is 61.4 Å². The van der Waals surface area contributed by atoms with Gasteiger partial charge in [-0.15, -0.1) is 0 Å². The molecule has 1 saturated carbocycles. The zero-order valence-corrected chi connectivity index (χ0v) is 21.7. The van der Waals surface area contributed by atoms with E-state index in [2.05, 4.69) is 0 Å². The monoisotopic (exact) mass is 500 g/mol. The molecule has 35 heavy (non-hydrogen) atoms. The van der Waals surface area contributed by atoms with E-state index in [0.717, 1.165) is 0 Å². The molecule has 1 aliphatic rings. The molecule has 0 spiro atoms. The van der Waals surface area contributed by atoms with Crippen molar-refractivity contribution < 1.29 is 47.7 Å². The van der Waals surface area contributed by atoms with E-state index < -0.39 is 30.1 Å². The SMILES string of the molecule is COC(=O)CCC1C(OC(C)=O)CC(OC(C)=O)C1CCC(CCCC(C)OC(C)=O)OC(C)=O. The van der Waals surface area contributed by atoms with Crippen LogP contribution < -0.4 is 0 Å². The Morgan fingerprint density at radius 1 is 0.743 bits per heavy atom. The molecule has 0 heterocycles. The highest BCUT2D eigenvalue weighted by atomic mass is 16.6. The van der Waals surface area contributed by atoms with E-state index in [1.165, 1.54) is 34.8 Å². The second-order valence-corrected chi connectivity index (χ2v) is 9.13. The Labute approximate surface area is 207 Å². The van der Waals surface area contributed by atoms with E-state index in [-0.39, 0.29) is 42.4 Å². The van der Waals surface area contributed by atoms with E-state index in [0.29, 0.717) is 44.9 Å². The molecule has 200 valence electrons. The molecule has 0 bridgehead atoms. The highest BCUT2D eigenvalue weighted by Crippen LogP contribution is 2.42. The van der Waals surface area contributed by atoms with Crippen molar-refractivity contribution >= 4 is 29.8 Å². The molecule has 1 fully saturated rings. The third kappa shape index (κ3) is 12.0. The van der Waals surface area contributed by atoms with Crippen LogP contribution in [0, 0.1) is 11.8 Å². The standard InChI is InChI=1S/C25H40O10/c1-15(32-16(2)26)8-7-9-20(33-17(3)27)10-11-21-22(12-13-25(30)31-6)24(35-19(5)29)14-23(21)34-18(4)28/h15,20-24H,7-14H2,1-6H3. The van der Waals surface area contributed by atoms with Crippen LogP contribution in [0.4, 0.5) is 0 Å². The summed E-state index contributed by atoms with van der Waals surface area (Å²) in [7, 11) is 1.31. The summed E-state index contributed by atoms with van der Waals surface area (Å²) in [4.78, 5) is 58.0. The maximum atomic E-state index is 11.8. The Balaban J connectivity index is 2.93. The number of hydrogen-bond donors (Lipinski definition) is 0. The number of rotatable bonds is 14. The lowest BCUT2D eigenvalue weighted by atomic mass is 9.84. The normalized spacial score (nSPS) is 23.0. The predicted octanol–water partition coefficient (Wildman–Crippen LogP) is 3.27. The van der Waals surface area contributed by atoms with Crippen molar-refractivity contribution in [3.63, 3.8) is 0 Å². The van der Waals surface area contributed by atoms with Crippen molar-refractivity contribution in [2.45, 2.75) is 110 Å². The second-order valence-electron chi connectivity index (χ2n) is 9.13. The van der Waals surface area contributed by atoms with Crippen LogP contribution in [0.2, 0.25) is 0 Å². The average Bonchev–Trinajstić information content (AvgIpc) is 3.03. The first-order chi connectivity index (χ1) is 16.4. The van der Waals surface area contributed by atoms with E-state index in [4.69, 9.17) is 23.7 Å². The molecule has 1 rings (SSSR count). The summed E-state index contributed by atoms with van der Waals surface area (Å²) in [6.45, 7) is 7.16. The van der Waals surface area contributed by atoms with Gasteiger partial charge in [0.2, 0.25) is 0 Å². The van der Waals surface area contributed by atoms with Gasteiger partial charge in [0.05, 0.1) is 13.2 Å². The van der Waals surface area contributed by atoms with Gasteiger partial charge in [-0.3, -0.25) is 24.0 Å². The molecule has 0 saturated heterocycles. The van der Waals surface area contributed by atoms with Gasteiger partial charge in [0, 0.05) is 52.4 Å². The summed E-state index contributed by atoms with van der Waals surface area (Å²) in [5.41, 5.74) is 0. The molecule has 1 aliphatic carbocycles. The molecule has 10 nitrogen and oxygen atoms in total. The minimum Gasteiger partial charge on any atom is -0.469 e. The van der Waals surface area contributed by atoms with E-state index in [9.17, 15) is 24.0 Å². The van der Waals surface area contributed by atoms with Gasteiger partial charge < -0.3 is 23.7 Å². The summed E-state index contributed by atoms with van der Waals surface area (Å²) in [6, 6.07) is 0. The van der Waals surface area contributed by atoms with Crippen LogP contribution in [0.5, 0.6) is 0 Å². The summed E-state index contributed by atoms with van der Waals surface area (Å²) in [6.07, 6.45) is 2.25. The molecule has 0 aromatic rings. The Morgan fingerprint density at radius 3 is 1.77 bits per heavy atom. The van der Waals surface area contributed by atoms with Crippen LogP contribution in [0.25, 0.3) is 0 Å². The van der Waals surface area contributed by atoms with Gasteiger partial charge in [-0.05, 0) is 45.4 Å². The Morgan fingerprint density at radius 2 is 1.29 bits per heavy atom. The van der Waals surface area contributed by atoms with Crippen molar-refractivity contribution in [1.82, 2.24) is 0 Å². The van der Waals surface area contributed by atoms with Gasteiger partial charge in [-0.25, -0.2) is 0 Å². The first-order valence-electron chi connectivity index (χ1n) is 12.2. The number of ether oxygens (including phenoxy) is 5. The summed E-state index contributed by atoms with van der Waals surface area (Å²) >= 11 is 0. The van der Waals surface area contributed by atoms with Crippen LogP contribution in [-0.2, 0) is 47.7 Å². The van der Waals surface area contributed by atoms with Crippen molar-refractivity contribution in [2.24, 2.45) is 11.8 Å². The minimum atomic E-state index is -0.497. The molecular weight excluding hydrogens is 460 g/mol. The van der Waals surface area contributed by atoms with Crippen molar-refractivity contribution in [3.8, 4) is 0 Å². The third-order valence-electron chi connectivity index (χ3n) is 6.17. The number of carbonyl (C=O) groups is 5. The Kier molecular flexibility index (Phi) is 13.3. The average molecular weight is 501 g/mol. The molecule has 6 unspecified atom stereocenters. The molecule has 0 aliphatic heterocycles. The largest absolute Gasteiger partial charge is 0.469 e. The topological polar surface area (TPSA) is 132 Å². The smallest absolute Gasteiger partial charge is 0.305 e. The number of carbonyl (C=O) groups excluding carboxylic acids is 5. The van der Waals surface area contributed by atoms with E-state index in [1.54, 1.807) is 0 Å².